The number of nitrogens with one attached hydrogen (secondary N) is 1. The van der Waals surface area contributed by atoms with Crippen molar-refractivity contribution >= 4 is 11.6 Å². The third-order valence-electron chi connectivity index (χ3n) is 3.41. The number of ether oxygens (including phenoxy) is 1. The van der Waals surface area contributed by atoms with Crippen LogP contribution in [-0.2, 0) is 0 Å². The van der Waals surface area contributed by atoms with Crippen molar-refractivity contribution in [1.82, 2.24) is 5.43 Å². The van der Waals surface area contributed by atoms with Gasteiger partial charge in [-0.2, -0.15) is 0 Å². The molecule has 0 heterocycles. The first-order chi connectivity index (χ1) is 10.2. The second-order valence-corrected chi connectivity index (χ2v) is 5.45. The summed E-state index contributed by atoms with van der Waals surface area (Å²) >= 11 is 6.10. The van der Waals surface area contributed by atoms with Crippen molar-refractivity contribution in [3.05, 3.63) is 64.2 Å². The standard InChI is InChI=1S/C17H21ClN2O/c1-3-10-21-15-8-5-13(6-9-15)17(20-19)16-11-14(18)7-4-12(16)2/h4-9,11,17,20H,3,10,19H2,1-2H3. The molecule has 0 aromatic heterocycles. The van der Waals surface area contributed by atoms with Crippen LogP contribution in [0.4, 0.5) is 0 Å². The number of hydrogen-bond donors (Lipinski definition) is 2. The third-order valence-corrected chi connectivity index (χ3v) is 3.64. The molecule has 0 fully saturated rings. The Morgan fingerprint density at radius 3 is 2.52 bits per heavy atom. The molecule has 3 nitrogen and oxygen atoms in total. The van der Waals surface area contributed by atoms with Crippen LogP contribution in [0, 0.1) is 6.92 Å². The zero-order chi connectivity index (χ0) is 15.2. The van der Waals surface area contributed by atoms with Gasteiger partial charge in [-0.05, 0) is 54.3 Å². The summed E-state index contributed by atoms with van der Waals surface area (Å²) in [5, 5.41) is 0.707. The van der Waals surface area contributed by atoms with Gasteiger partial charge in [-0.25, -0.2) is 5.43 Å². The highest BCUT2D eigenvalue weighted by molar-refractivity contribution is 6.30. The molecule has 4 heteroatoms. The van der Waals surface area contributed by atoms with Crippen molar-refractivity contribution < 1.29 is 4.74 Å². The Labute approximate surface area is 131 Å². The van der Waals surface area contributed by atoms with Crippen LogP contribution in [-0.4, -0.2) is 6.61 Å². The second kappa shape index (κ2) is 7.46. The summed E-state index contributed by atoms with van der Waals surface area (Å²) in [6.45, 7) is 4.87. The third kappa shape index (κ3) is 3.97. The van der Waals surface area contributed by atoms with E-state index in [4.69, 9.17) is 22.2 Å². The summed E-state index contributed by atoms with van der Waals surface area (Å²) in [5.74, 6) is 6.62. The Morgan fingerprint density at radius 1 is 1.19 bits per heavy atom. The number of hydrogen-bond acceptors (Lipinski definition) is 3. The van der Waals surface area contributed by atoms with Crippen LogP contribution in [0.25, 0.3) is 0 Å². The molecule has 0 aliphatic carbocycles. The highest BCUT2D eigenvalue weighted by Gasteiger charge is 2.15. The monoisotopic (exact) mass is 304 g/mol. The first kappa shape index (κ1) is 15.8. The first-order valence-corrected chi connectivity index (χ1v) is 7.48. The molecule has 0 radical (unpaired) electrons. The smallest absolute Gasteiger partial charge is 0.119 e. The molecule has 2 aromatic carbocycles. The Hall–Kier alpha value is -1.55. The first-order valence-electron chi connectivity index (χ1n) is 7.10. The van der Waals surface area contributed by atoms with Crippen LogP contribution in [0.15, 0.2) is 42.5 Å². The van der Waals surface area contributed by atoms with E-state index in [1.165, 1.54) is 0 Å². The van der Waals surface area contributed by atoms with E-state index in [1.807, 2.05) is 42.5 Å². The number of halogens is 1. The lowest BCUT2D eigenvalue weighted by atomic mass is 9.95. The minimum Gasteiger partial charge on any atom is -0.494 e. The van der Waals surface area contributed by atoms with E-state index < -0.39 is 0 Å². The van der Waals surface area contributed by atoms with Gasteiger partial charge in [0.2, 0.25) is 0 Å². The Morgan fingerprint density at radius 2 is 1.90 bits per heavy atom. The molecule has 2 aromatic rings. The maximum Gasteiger partial charge on any atom is 0.119 e. The molecular weight excluding hydrogens is 284 g/mol. The van der Waals surface area contributed by atoms with Crippen molar-refractivity contribution in [3.8, 4) is 5.75 Å². The van der Waals surface area contributed by atoms with Crippen LogP contribution in [0.2, 0.25) is 5.02 Å². The van der Waals surface area contributed by atoms with Gasteiger partial charge in [-0.1, -0.05) is 36.7 Å². The molecule has 1 unspecified atom stereocenters. The fraction of sp³-hybridized carbons (Fsp3) is 0.294. The molecule has 3 N–H and O–H groups in total. The highest BCUT2D eigenvalue weighted by Crippen LogP contribution is 2.28. The van der Waals surface area contributed by atoms with E-state index in [-0.39, 0.29) is 6.04 Å². The van der Waals surface area contributed by atoms with Crippen LogP contribution in [0.1, 0.15) is 36.1 Å². The maximum atomic E-state index is 6.10. The maximum absolute atomic E-state index is 6.10. The van der Waals surface area contributed by atoms with Crippen molar-refractivity contribution in [1.29, 1.82) is 0 Å². The number of nitrogens with two attached hydrogens (primary N) is 1. The summed E-state index contributed by atoms with van der Waals surface area (Å²) in [7, 11) is 0. The summed E-state index contributed by atoms with van der Waals surface area (Å²) < 4.78 is 5.60. The van der Waals surface area contributed by atoms with E-state index in [0.717, 1.165) is 35.5 Å². The normalized spacial score (nSPS) is 12.2. The SMILES string of the molecule is CCCOc1ccc(C(NN)c2cc(Cl)ccc2C)cc1. The molecule has 1 atom stereocenters. The van der Waals surface area contributed by atoms with Gasteiger partial charge in [0, 0.05) is 5.02 Å². The van der Waals surface area contributed by atoms with Crippen LogP contribution in [0.5, 0.6) is 5.75 Å². The van der Waals surface area contributed by atoms with Crippen LogP contribution >= 0.6 is 11.6 Å². The summed E-state index contributed by atoms with van der Waals surface area (Å²) in [5.41, 5.74) is 6.16. The lowest BCUT2D eigenvalue weighted by Crippen LogP contribution is -2.29. The van der Waals surface area contributed by atoms with Gasteiger partial charge < -0.3 is 4.74 Å². The summed E-state index contributed by atoms with van der Waals surface area (Å²) in [6, 6.07) is 13.7. The molecule has 0 saturated carbocycles. The molecule has 112 valence electrons. The van der Waals surface area contributed by atoms with E-state index >= 15 is 0 Å². The van der Waals surface area contributed by atoms with Gasteiger partial charge in [-0.15, -0.1) is 0 Å². The zero-order valence-electron chi connectivity index (χ0n) is 12.4. The van der Waals surface area contributed by atoms with Gasteiger partial charge >= 0.3 is 0 Å². The molecule has 0 spiro atoms. The average molecular weight is 305 g/mol. The largest absolute Gasteiger partial charge is 0.494 e. The van der Waals surface area contributed by atoms with E-state index in [1.54, 1.807) is 0 Å². The zero-order valence-corrected chi connectivity index (χ0v) is 13.2. The van der Waals surface area contributed by atoms with Crippen molar-refractivity contribution in [2.24, 2.45) is 5.84 Å². The minimum absolute atomic E-state index is 0.0936. The average Bonchev–Trinajstić information content (AvgIpc) is 2.50. The molecule has 0 aliphatic heterocycles. The van der Waals surface area contributed by atoms with Crippen molar-refractivity contribution in [2.75, 3.05) is 6.61 Å². The van der Waals surface area contributed by atoms with Gasteiger partial charge in [0.25, 0.3) is 0 Å². The highest BCUT2D eigenvalue weighted by atomic mass is 35.5. The molecule has 0 amide bonds. The molecule has 0 aliphatic rings. The predicted octanol–water partition coefficient (Wildman–Crippen LogP) is 3.99. The van der Waals surface area contributed by atoms with E-state index in [9.17, 15) is 0 Å². The predicted molar refractivity (Wildman–Crippen MR) is 87.6 cm³/mol. The molecule has 21 heavy (non-hydrogen) atoms. The van der Waals surface area contributed by atoms with Gasteiger partial charge in [-0.3, -0.25) is 5.84 Å². The molecule has 2 rings (SSSR count). The topological polar surface area (TPSA) is 47.3 Å². The molecule has 0 bridgehead atoms. The Bertz CT molecular complexity index is 584. The number of hydrazine groups is 1. The number of aryl methyl sites for hydroxylation is 1. The summed E-state index contributed by atoms with van der Waals surface area (Å²) in [6.07, 6.45) is 0.996. The quantitative estimate of drug-likeness (QED) is 0.626. The lowest BCUT2D eigenvalue weighted by molar-refractivity contribution is 0.317. The number of benzene rings is 2. The molecular formula is C17H21ClN2O. The second-order valence-electron chi connectivity index (χ2n) is 5.02. The van der Waals surface area contributed by atoms with E-state index in [0.29, 0.717) is 5.02 Å². The van der Waals surface area contributed by atoms with Gasteiger partial charge in [0.15, 0.2) is 0 Å². The van der Waals surface area contributed by atoms with Crippen LogP contribution in [0.3, 0.4) is 0 Å². The van der Waals surface area contributed by atoms with E-state index in [2.05, 4.69) is 19.3 Å². The fourth-order valence-electron chi connectivity index (χ4n) is 2.26. The summed E-state index contributed by atoms with van der Waals surface area (Å²) in [4.78, 5) is 0. The van der Waals surface area contributed by atoms with Gasteiger partial charge in [0.05, 0.1) is 12.6 Å². The van der Waals surface area contributed by atoms with Gasteiger partial charge in [0.1, 0.15) is 5.75 Å². The lowest BCUT2D eigenvalue weighted by Gasteiger charge is -2.19. The van der Waals surface area contributed by atoms with Crippen LogP contribution < -0.4 is 16.0 Å². The minimum atomic E-state index is -0.0936. The van der Waals surface area contributed by atoms with Crippen molar-refractivity contribution in [2.45, 2.75) is 26.3 Å². The van der Waals surface area contributed by atoms with Crippen molar-refractivity contribution in [3.63, 3.8) is 0 Å². The number of rotatable bonds is 6. The Balaban J connectivity index is 2.26. The Kier molecular flexibility index (Phi) is 5.62. The fourth-order valence-corrected chi connectivity index (χ4v) is 2.44. The molecule has 0 saturated heterocycles.